The Balaban J connectivity index is 0.00000162. The number of guanidine groups is 1. The first-order valence-corrected chi connectivity index (χ1v) is 6.90. The number of hydrogen-bond acceptors (Lipinski definition) is 2. The van der Waals surface area contributed by atoms with Gasteiger partial charge < -0.3 is 15.5 Å². The number of nitrogens with zero attached hydrogens (tertiary/aromatic N) is 3. The number of likely N-dealkylation sites (tertiary alicyclic amines) is 1. The molecule has 106 valence electrons. The van der Waals surface area contributed by atoms with E-state index < -0.39 is 0 Å². The highest BCUT2D eigenvalue weighted by Crippen LogP contribution is 2.34. The Hall–Kier alpha value is -0.0400. The molecule has 2 rings (SSSR count). The maximum atomic E-state index is 6.07. The predicted molar refractivity (Wildman–Crippen MR) is 87.5 cm³/mol. The molecule has 1 saturated heterocycles. The summed E-state index contributed by atoms with van der Waals surface area (Å²) in [5, 5.41) is 0. The molecule has 0 amide bonds. The lowest BCUT2D eigenvalue weighted by atomic mass is 10.1. The van der Waals surface area contributed by atoms with E-state index in [9.17, 15) is 0 Å². The van der Waals surface area contributed by atoms with Crippen LogP contribution < -0.4 is 5.73 Å². The molecule has 0 bridgehead atoms. The van der Waals surface area contributed by atoms with Gasteiger partial charge in [0, 0.05) is 19.1 Å². The van der Waals surface area contributed by atoms with Crippen molar-refractivity contribution in [1.29, 1.82) is 0 Å². The van der Waals surface area contributed by atoms with Crippen LogP contribution in [0.1, 0.15) is 32.1 Å². The van der Waals surface area contributed by atoms with Crippen LogP contribution in [0.3, 0.4) is 0 Å². The largest absolute Gasteiger partial charge is 0.370 e. The molecule has 1 saturated carbocycles. The quantitative estimate of drug-likeness (QED) is 0.468. The number of rotatable bonds is 4. The fraction of sp³-hybridized carbons (Fsp3) is 0.923. The van der Waals surface area contributed by atoms with Gasteiger partial charge in [0.2, 0.25) is 0 Å². The Morgan fingerprint density at radius 2 is 1.89 bits per heavy atom. The summed E-state index contributed by atoms with van der Waals surface area (Å²) >= 11 is 0. The second kappa shape index (κ2) is 7.53. The number of piperidine rings is 1. The monoisotopic (exact) mass is 366 g/mol. The second-order valence-corrected chi connectivity index (χ2v) is 5.61. The Bertz CT molecular complexity index is 268. The molecule has 0 radical (unpaired) electrons. The van der Waals surface area contributed by atoms with Gasteiger partial charge in [0.15, 0.2) is 5.96 Å². The third kappa shape index (κ3) is 4.57. The van der Waals surface area contributed by atoms with Crippen molar-refractivity contribution in [2.75, 3.05) is 33.7 Å². The molecule has 0 aromatic heterocycles. The first-order chi connectivity index (χ1) is 8.18. The number of hydrogen-bond donors (Lipinski definition) is 1. The zero-order chi connectivity index (χ0) is 12.3. The number of likely N-dealkylation sites (N-methyl/N-ethyl adjacent to an activating group) is 1. The minimum absolute atomic E-state index is 0. The normalized spacial score (nSPS) is 22.8. The second-order valence-electron chi connectivity index (χ2n) is 5.61. The molecule has 0 aromatic rings. The molecule has 2 N–H and O–H groups in total. The van der Waals surface area contributed by atoms with Gasteiger partial charge in [-0.1, -0.05) is 0 Å². The maximum Gasteiger partial charge on any atom is 0.191 e. The lowest BCUT2D eigenvalue weighted by Gasteiger charge is -2.28. The van der Waals surface area contributed by atoms with E-state index in [0.717, 1.165) is 31.5 Å². The zero-order valence-corrected chi connectivity index (χ0v) is 14.0. The summed E-state index contributed by atoms with van der Waals surface area (Å²) in [6, 6.07) is 0.582. The van der Waals surface area contributed by atoms with E-state index in [2.05, 4.69) is 28.9 Å². The van der Waals surface area contributed by atoms with E-state index in [1.807, 2.05) is 0 Å². The van der Waals surface area contributed by atoms with Crippen LogP contribution in [0, 0.1) is 5.92 Å². The standard InChI is InChI=1S/C13H26N4.HI/c1-16(2)12(11-6-7-11)10-15-13(14)17-8-4-3-5-9-17;/h11-12H,3-10H2,1-2H3,(H2,14,15);1H. The van der Waals surface area contributed by atoms with Crippen LogP contribution in [0.2, 0.25) is 0 Å². The van der Waals surface area contributed by atoms with Crippen LogP contribution in [0.15, 0.2) is 4.99 Å². The molecule has 0 aromatic carbocycles. The number of halogens is 1. The predicted octanol–water partition coefficient (Wildman–Crippen LogP) is 1.75. The SMILES string of the molecule is CN(C)C(CN=C(N)N1CCCCC1)C1CC1.I. The van der Waals surface area contributed by atoms with Crippen LogP contribution in [-0.4, -0.2) is 55.5 Å². The Labute approximate surface area is 128 Å². The molecular weight excluding hydrogens is 339 g/mol. The summed E-state index contributed by atoms with van der Waals surface area (Å²) in [6.07, 6.45) is 6.59. The topological polar surface area (TPSA) is 44.9 Å². The Morgan fingerprint density at radius 1 is 1.28 bits per heavy atom. The van der Waals surface area contributed by atoms with E-state index in [1.165, 1.54) is 32.1 Å². The van der Waals surface area contributed by atoms with Crippen LogP contribution in [0.5, 0.6) is 0 Å². The average Bonchev–Trinajstić information content (AvgIpc) is 3.14. The molecule has 0 spiro atoms. The lowest BCUT2D eigenvalue weighted by molar-refractivity contribution is 0.269. The van der Waals surface area contributed by atoms with Gasteiger partial charge >= 0.3 is 0 Å². The van der Waals surface area contributed by atoms with Crippen molar-refractivity contribution in [2.24, 2.45) is 16.6 Å². The summed E-state index contributed by atoms with van der Waals surface area (Å²) in [7, 11) is 4.30. The zero-order valence-electron chi connectivity index (χ0n) is 11.6. The van der Waals surface area contributed by atoms with Crippen molar-refractivity contribution < 1.29 is 0 Å². The van der Waals surface area contributed by atoms with E-state index >= 15 is 0 Å². The maximum absolute atomic E-state index is 6.07. The van der Waals surface area contributed by atoms with Crippen molar-refractivity contribution in [3.05, 3.63) is 0 Å². The van der Waals surface area contributed by atoms with Crippen molar-refractivity contribution in [2.45, 2.75) is 38.1 Å². The van der Waals surface area contributed by atoms with E-state index in [-0.39, 0.29) is 24.0 Å². The minimum Gasteiger partial charge on any atom is -0.370 e. The third-order valence-electron chi connectivity index (χ3n) is 3.95. The summed E-state index contributed by atoms with van der Waals surface area (Å²) in [6.45, 7) is 3.04. The Morgan fingerprint density at radius 3 is 2.39 bits per heavy atom. The highest BCUT2D eigenvalue weighted by Gasteiger charge is 2.32. The summed E-state index contributed by atoms with van der Waals surface area (Å²) in [5.41, 5.74) is 6.07. The van der Waals surface area contributed by atoms with Gasteiger partial charge in [-0.3, -0.25) is 4.99 Å². The van der Waals surface area contributed by atoms with Gasteiger partial charge in [-0.15, -0.1) is 24.0 Å². The molecular formula is C13H27IN4. The van der Waals surface area contributed by atoms with Crippen molar-refractivity contribution in [3.63, 3.8) is 0 Å². The molecule has 4 nitrogen and oxygen atoms in total. The van der Waals surface area contributed by atoms with Crippen LogP contribution in [0.4, 0.5) is 0 Å². The number of aliphatic imine (C=N–C) groups is 1. The highest BCUT2D eigenvalue weighted by molar-refractivity contribution is 14.0. The van der Waals surface area contributed by atoms with Gasteiger partial charge in [0.25, 0.3) is 0 Å². The van der Waals surface area contributed by atoms with Crippen molar-refractivity contribution in [1.82, 2.24) is 9.80 Å². The van der Waals surface area contributed by atoms with Gasteiger partial charge in [0.1, 0.15) is 0 Å². The first kappa shape index (κ1) is 16.0. The van der Waals surface area contributed by atoms with Gasteiger partial charge in [-0.05, 0) is 52.1 Å². The smallest absolute Gasteiger partial charge is 0.191 e. The van der Waals surface area contributed by atoms with Gasteiger partial charge in [-0.25, -0.2) is 0 Å². The van der Waals surface area contributed by atoms with Crippen LogP contribution in [-0.2, 0) is 0 Å². The molecule has 1 unspecified atom stereocenters. The average molecular weight is 366 g/mol. The molecule has 5 heteroatoms. The van der Waals surface area contributed by atoms with Crippen molar-refractivity contribution >= 4 is 29.9 Å². The Kier molecular flexibility index (Phi) is 6.70. The molecule has 1 atom stereocenters. The summed E-state index contributed by atoms with van der Waals surface area (Å²) in [4.78, 5) is 9.14. The lowest BCUT2D eigenvalue weighted by Crippen LogP contribution is -2.42. The fourth-order valence-corrected chi connectivity index (χ4v) is 2.63. The minimum atomic E-state index is 0. The molecule has 1 aliphatic heterocycles. The van der Waals surface area contributed by atoms with Gasteiger partial charge in [-0.2, -0.15) is 0 Å². The van der Waals surface area contributed by atoms with Gasteiger partial charge in [0.05, 0.1) is 6.54 Å². The van der Waals surface area contributed by atoms with Crippen LogP contribution in [0.25, 0.3) is 0 Å². The highest BCUT2D eigenvalue weighted by atomic mass is 127. The van der Waals surface area contributed by atoms with Crippen molar-refractivity contribution in [3.8, 4) is 0 Å². The first-order valence-electron chi connectivity index (χ1n) is 6.90. The molecule has 2 fully saturated rings. The van der Waals surface area contributed by atoms with Crippen LogP contribution >= 0.6 is 24.0 Å². The summed E-state index contributed by atoms with van der Waals surface area (Å²) < 4.78 is 0. The molecule has 18 heavy (non-hydrogen) atoms. The fourth-order valence-electron chi connectivity index (χ4n) is 2.63. The van der Waals surface area contributed by atoms with E-state index in [0.29, 0.717) is 6.04 Å². The van der Waals surface area contributed by atoms with E-state index in [1.54, 1.807) is 0 Å². The van der Waals surface area contributed by atoms with E-state index in [4.69, 9.17) is 5.73 Å². The molecule has 2 aliphatic rings. The molecule has 1 aliphatic carbocycles. The molecule has 1 heterocycles. The summed E-state index contributed by atoms with van der Waals surface area (Å²) in [5.74, 6) is 1.61. The third-order valence-corrected chi connectivity index (χ3v) is 3.95. The number of nitrogens with two attached hydrogens (primary N) is 1.